The molecule has 1 nitrogen and oxygen atoms in total. The zero-order valence-electron chi connectivity index (χ0n) is 8.44. The Labute approximate surface area is 90.0 Å². The van der Waals surface area contributed by atoms with Crippen LogP contribution in [0.4, 0.5) is 0 Å². The molecule has 12 heavy (non-hydrogen) atoms. The van der Waals surface area contributed by atoms with Crippen LogP contribution in [0.1, 0.15) is 33.6 Å². The van der Waals surface area contributed by atoms with E-state index in [2.05, 4.69) is 48.3 Å². The first-order valence-electron chi connectivity index (χ1n) is 4.85. The zero-order valence-corrected chi connectivity index (χ0v) is 10.6. The molecule has 0 spiro atoms. The fourth-order valence-corrected chi connectivity index (χ4v) is 2.64. The minimum Gasteiger partial charge on any atom is -0.298 e. The van der Waals surface area contributed by atoms with Crippen LogP contribution in [0, 0.1) is 5.92 Å². The Kier molecular flexibility index (Phi) is 3.83. The number of nitrogens with zero attached hydrogens (tertiary/aromatic N) is 1. The van der Waals surface area contributed by atoms with Crippen molar-refractivity contribution < 1.29 is 0 Å². The Morgan fingerprint density at radius 1 is 1.25 bits per heavy atom. The standard InChI is InChI=1S/C10H20IN/c1-10(2,3)12-6-4-9(8-11)5-7-12/h9H,4-8H2,1-3H3. The van der Waals surface area contributed by atoms with Crippen LogP contribution in [0.15, 0.2) is 0 Å². The van der Waals surface area contributed by atoms with Crippen LogP contribution < -0.4 is 0 Å². The van der Waals surface area contributed by atoms with Crippen molar-refractivity contribution in [2.75, 3.05) is 17.5 Å². The normalized spacial score (nSPS) is 23.0. The lowest BCUT2D eigenvalue weighted by molar-refractivity contribution is 0.0932. The fourth-order valence-electron chi connectivity index (χ4n) is 1.76. The van der Waals surface area contributed by atoms with Gasteiger partial charge in [-0.15, -0.1) is 0 Å². The predicted molar refractivity (Wildman–Crippen MR) is 62.9 cm³/mol. The van der Waals surface area contributed by atoms with Gasteiger partial charge in [0.25, 0.3) is 0 Å². The first-order valence-corrected chi connectivity index (χ1v) is 6.37. The Bertz CT molecular complexity index is 131. The quantitative estimate of drug-likeness (QED) is 0.527. The van der Waals surface area contributed by atoms with Gasteiger partial charge in [-0.25, -0.2) is 0 Å². The summed E-state index contributed by atoms with van der Waals surface area (Å²) in [6.07, 6.45) is 2.81. The van der Waals surface area contributed by atoms with Crippen LogP contribution in [0.25, 0.3) is 0 Å². The van der Waals surface area contributed by atoms with E-state index in [0.717, 1.165) is 5.92 Å². The van der Waals surface area contributed by atoms with Crippen molar-refractivity contribution in [3.63, 3.8) is 0 Å². The third-order valence-corrected chi connectivity index (χ3v) is 4.03. The molecule has 1 aliphatic rings. The summed E-state index contributed by atoms with van der Waals surface area (Å²) < 4.78 is 1.34. The number of halogens is 1. The molecule has 1 rings (SSSR count). The van der Waals surface area contributed by atoms with Gasteiger partial charge in [0, 0.05) is 9.97 Å². The summed E-state index contributed by atoms with van der Waals surface area (Å²) >= 11 is 2.52. The molecule has 1 fully saturated rings. The monoisotopic (exact) mass is 281 g/mol. The van der Waals surface area contributed by atoms with Gasteiger partial charge < -0.3 is 0 Å². The molecule has 0 aromatic rings. The van der Waals surface area contributed by atoms with E-state index in [1.807, 2.05) is 0 Å². The number of hydrogen-bond acceptors (Lipinski definition) is 1. The molecule has 0 aromatic heterocycles. The number of rotatable bonds is 1. The second-order valence-corrected chi connectivity index (χ2v) is 5.64. The van der Waals surface area contributed by atoms with Crippen molar-refractivity contribution in [1.29, 1.82) is 0 Å². The van der Waals surface area contributed by atoms with E-state index in [0.29, 0.717) is 5.54 Å². The molecular weight excluding hydrogens is 261 g/mol. The lowest BCUT2D eigenvalue weighted by Crippen LogP contribution is -2.46. The molecule has 0 N–H and O–H groups in total. The van der Waals surface area contributed by atoms with E-state index in [4.69, 9.17) is 0 Å². The van der Waals surface area contributed by atoms with E-state index >= 15 is 0 Å². The molecule has 0 amide bonds. The van der Waals surface area contributed by atoms with Crippen LogP contribution in [-0.2, 0) is 0 Å². The van der Waals surface area contributed by atoms with Crippen molar-refractivity contribution in [2.24, 2.45) is 5.92 Å². The number of likely N-dealkylation sites (tertiary alicyclic amines) is 1. The van der Waals surface area contributed by atoms with Gasteiger partial charge in [-0.3, -0.25) is 4.90 Å². The van der Waals surface area contributed by atoms with E-state index in [1.54, 1.807) is 0 Å². The molecule has 1 saturated heterocycles. The third kappa shape index (κ3) is 2.87. The Morgan fingerprint density at radius 2 is 1.75 bits per heavy atom. The van der Waals surface area contributed by atoms with Crippen LogP contribution in [-0.4, -0.2) is 28.0 Å². The molecule has 0 unspecified atom stereocenters. The molecule has 0 aromatic carbocycles. The first-order chi connectivity index (χ1) is 5.54. The largest absolute Gasteiger partial charge is 0.298 e. The maximum Gasteiger partial charge on any atom is 0.0125 e. The topological polar surface area (TPSA) is 3.24 Å². The summed E-state index contributed by atoms with van der Waals surface area (Å²) in [5, 5.41) is 0. The molecule has 0 atom stereocenters. The second kappa shape index (κ2) is 4.27. The zero-order chi connectivity index (χ0) is 9.19. The number of alkyl halides is 1. The van der Waals surface area contributed by atoms with Crippen molar-refractivity contribution in [2.45, 2.75) is 39.2 Å². The van der Waals surface area contributed by atoms with Gasteiger partial charge in [-0.2, -0.15) is 0 Å². The van der Waals surface area contributed by atoms with Crippen molar-refractivity contribution in [3.05, 3.63) is 0 Å². The van der Waals surface area contributed by atoms with Gasteiger partial charge in [0.2, 0.25) is 0 Å². The van der Waals surface area contributed by atoms with E-state index < -0.39 is 0 Å². The highest BCUT2D eigenvalue weighted by Gasteiger charge is 2.26. The fraction of sp³-hybridized carbons (Fsp3) is 1.00. The maximum absolute atomic E-state index is 2.61. The summed E-state index contributed by atoms with van der Waals surface area (Å²) in [5.74, 6) is 0.990. The Morgan fingerprint density at radius 3 is 2.08 bits per heavy atom. The molecule has 0 saturated carbocycles. The molecule has 2 heteroatoms. The molecule has 0 aliphatic carbocycles. The smallest absolute Gasteiger partial charge is 0.0125 e. The van der Waals surface area contributed by atoms with E-state index in [1.165, 1.54) is 30.4 Å². The second-order valence-electron chi connectivity index (χ2n) is 4.76. The predicted octanol–water partition coefficient (Wildman–Crippen LogP) is 2.93. The minimum atomic E-state index is 0.385. The highest BCUT2D eigenvalue weighted by molar-refractivity contribution is 14.1. The van der Waals surface area contributed by atoms with Gasteiger partial charge in [0.15, 0.2) is 0 Å². The Balaban J connectivity index is 2.36. The van der Waals surface area contributed by atoms with Gasteiger partial charge in [-0.1, -0.05) is 22.6 Å². The lowest BCUT2D eigenvalue weighted by Gasteiger charge is -2.40. The highest BCUT2D eigenvalue weighted by atomic mass is 127. The summed E-state index contributed by atoms with van der Waals surface area (Å²) in [6.45, 7) is 9.56. The molecule has 1 heterocycles. The average molecular weight is 281 g/mol. The SMILES string of the molecule is CC(C)(C)N1CCC(CI)CC1. The lowest BCUT2D eigenvalue weighted by atomic mass is 9.95. The summed E-state index contributed by atoms with van der Waals surface area (Å²) in [7, 11) is 0. The molecule has 0 bridgehead atoms. The summed E-state index contributed by atoms with van der Waals surface area (Å²) in [4.78, 5) is 2.61. The van der Waals surface area contributed by atoms with Gasteiger partial charge >= 0.3 is 0 Å². The average Bonchev–Trinajstić information content (AvgIpc) is 2.03. The number of piperidine rings is 1. The van der Waals surface area contributed by atoms with Crippen LogP contribution in [0.5, 0.6) is 0 Å². The highest BCUT2D eigenvalue weighted by Crippen LogP contribution is 2.24. The van der Waals surface area contributed by atoms with E-state index in [-0.39, 0.29) is 0 Å². The molecular formula is C10H20IN. The number of hydrogen-bond donors (Lipinski definition) is 0. The van der Waals surface area contributed by atoms with Crippen LogP contribution in [0.3, 0.4) is 0 Å². The molecule has 1 aliphatic heterocycles. The van der Waals surface area contributed by atoms with Crippen molar-refractivity contribution >= 4 is 22.6 Å². The third-order valence-electron chi connectivity index (χ3n) is 2.78. The van der Waals surface area contributed by atoms with Crippen LogP contribution in [0.2, 0.25) is 0 Å². The minimum absolute atomic E-state index is 0.385. The maximum atomic E-state index is 2.61. The van der Waals surface area contributed by atoms with Crippen LogP contribution >= 0.6 is 22.6 Å². The van der Waals surface area contributed by atoms with Gasteiger partial charge in [0.05, 0.1) is 0 Å². The molecule has 0 radical (unpaired) electrons. The van der Waals surface area contributed by atoms with Gasteiger partial charge in [-0.05, 0) is 52.6 Å². The Hall–Kier alpha value is 0.690. The summed E-state index contributed by atoms with van der Waals surface area (Å²) in [5.41, 5.74) is 0.385. The van der Waals surface area contributed by atoms with Crippen molar-refractivity contribution in [1.82, 2.24) is 4.90 Å². The summed E-state index contributed by atoms with van der Waals surface area (Å²) in [6, 6.07) is 0. The first kappa shape index (κ1) is 10.8. The van der Waals surface area contributed by atoms with E-state index in [9.17, 15) is 0 Å². The van der Waals surface area contributed by atoms with Crippen molar-refractivity contribution in [3.8, 4) is 0 Å². The molecule has 72 valence electrons. The van der Waals surface area contributed by atoms with Gasteiger partial charge in [0.1, 0.15) is 0 Å².